The molecular weight excluding hydrogens is 340 g/mol. The summed E-state index contributed by atoms with van der Waals surface area (Å²) >= 11 is 0. The summed E-state index contributed by atoms with van der Waals surface area (Å²) in [6.07, 6.45) is -0.142. The number of anilines is 1. The van der Waals surface area contributed by atoms with Gasteiger partial charge in [0, 0.05) is 32.2 Å². The SMILES string of the molecule is O=C(NC[C@H]1CN(Cc2ccccc2)CCO1)Nc1ccc(F)cc1F. The van der Waals surface area contributed by atoms with Crippen LogP contribution in [-0.2, 0) is 11.3 Å². The molecule has 5 nitrogen and oxygen atoms in total. The number of amides is 2. The van der Waals surface area contributed by atoms with Crippen LogP contribution in [0.4, 0.5) is 19.3 Å². The molecule has 0 bridgehead atoms. The Morgan fingerprint density at radius 3 is 2.77 bits per heavy atom. The van der Waals surface area contributed by atoms with E-state index >= 15 is 0 Å². The number of urea groups is 1. The number of halogens is 2. The van der Waals surface area contributed by atoms with Crippen molar-refractivity contribution in [1.82, 2.24) is 10.2 Å². The van der Waals surface area contributed by atoms with E-state index in [2.05, 4.69) is 27.7 Å². The molecule has 0 saturated carbocycles. The highest BCUT2D eigenvalue weighted by Crippen LogP contribution is 2.15. The molecule has 1 aliphatic heterocycles. The fourth-order valence-electron chi connectivity index (χ4n) is 2.85. The molecule has 0 spiro atoms. The summed E-state index contributed by atoms with van der Waals surface area (Å²) in [6, 6.07) is 12.6. The first-order valence-corrected chi connectivity index (χ1v) is 8.48. The van der Waals surface area contributed by atoms with Crippen LogP contribution < -0.4 is 10.6 Å². The molecule has 138 valence electrons. The summed E-state index contributed by atoms with van der Waals surface area (Å²) in [6.45, 7) is 3.25. The van der Waals surface area contributed by atoms with Crippen LogP contribution in [-0.4, -0.2) is 43.3 Å². The Kier molecular flexibility index (Phi) is 6.14. The molecule has 0 unspecified atom stereocenters. The van der Waals surface area contributed by atoms with Gasteiger partial charge < -0.3 is 15.4 Å². The van der Waals surface area contributed by atoms with E-state index in [4.69, 9.17) is 4.74 Å². The lowest BCUT2D eigenvalue weighted by molar-refractivity contribution is -0.0285. The molecule has 3 rings (SSSR count). The zero-order valence-corrected chi connectivity index (χ0v) is 14.3. The Labute approximate surface area is 151 Å². The normalized spacial score (nSPS) is 17.7. The average molecular weight is 361 g/mol. The smallest absolute Gasteiger partial charge is 0.319 e. The molecule has 2 amide bonds. The zero-order chi connectivity index (χ0) is 18.4. The Bertz CT molecular complexity index is 743. The monoisotopic (exact) mass is 361 g/mol. The van der Waals surface area contributed by atoms with E-state index in [-0.39, 0.29) is 11.8 Å². The van der Waals surface area contributed by atoms with Crippen LogP contribution in [0.25, 0.3) is 0 Å². The number of rotatable bonds is 5. The van der Waals surface area contributed by atoms with Crippen molar-refractivity contribution in [2.24, 2.45) is 0 Å². The topological polar surface area (TPSA) is 53.6 Å². The lowest BCUT2D eigenvalue weighted by atomic mass is 10.2. The highest BCUT2D eigenvalue weighted by atomic mass is 19.1. The summed E-state index contributed by atoms with van der Waals surface area (Å²) in [4.78, 5) is 14.2. The van der Waals surface area contributed by atoms with Crippen molar-refractivity contribution in [3.63, 3.8) is 0 Å². The Hall–Kier alpha value is -2.51. The van der Waals surface area contributed by atoms with Crippen LogP contribution in [0.5, 0.6) is 0 Å². The minimum absolute atomic E-state index is 0.0702. The number of ether oxygens (including phenoxy) is 1. The maximum absolute atomic E-state index is 13.6. The number of carbonyl (C=O) groups excluding carboxylic acids is 1. The van der Waals surface area contributed by atoms with Crippen LogP contribution in [0, 0.1) is 11.6 Å². The van der Waals surface area contributed by atoms with Gasteiger partial charge in [-0.15, -0.1) is 0 Å². The maximum Gasteiger partial charge on any atom is 0.319 e. The second-order valence-electron chi connectivity index (χ2n) is 6.17. The van der Waals surface area contributed by atoms with E-state index in [9.17, 15) is 13.6 Å². The third-order valence-electron chi connectivity index (χ3n) is 4.14. The van der Waals surface area contributed by atoms with Gasteiger partial charge in [-0.1, -0.05) is 30.3 Å². The third-order valence-corrected chi connectivity index (χ3v) is 4.14. The predicted octanol–water partition coefficient (Wildman–Crippen LogP) is 2.99. The summed E-state index contributed by atoms with van der Waals surface area (Å²) in [5.41, 5.74) is 1.16. The largest absolute Gasteiger partial charge is 0.374 e. The van der Waals surface area contributed by atoms with Crippen molar-refractivity contribution in [1.29, 1.82) is 0 Å². The standard InChI is InChI=1S/C19H21F2N3O2/c20-15-6-7-18(17(21)10-15)23-19(25)22-11-16-13-24(8-9-26-16)12-14-4-2-1-3-5-14/h1-7,10,16H,8-9,11-13H2,(H2,22,23,25)/t16-/m0/s1. The van der Waals surface area contributed by atoms with Crippen LogP contribution in [0.3, 0.4) is 0 Å². The molecule has 0 radical (unpaired) electrons. The highest BCUT2D eigenvalue weighted by Gasteiger charge is 2.21. The van der Waals surface area contributed by atoms with Gasteiger partial charge in [-0.25, -0.2) is 13.6 Å². The van der Waals surface area contributed by atoms with E-state index in [0.717, 1.165) is 25.2 Å². The molecule has 2 aromatic rings. The third kappa shape index (κ3) is 5.24. The number of carbonyl (C=O) groups is 1. The van der Waals surface area contributed by atoms with Gasteiger partial charge >= 0.3 is 6.03 Å². The fourth-order valence-corrected chi connectivity index (χ4v) is 2.85. The van der Waals surface area contributed by atoms with Crippen molar-refractivity contribution in [3.05, 3.63) is 65.7 Å². The second kappa shape index (κ2) is 8.73. The first-order valence-electron chi connectivity index (χ1n) is 8.48. The highest BCUT2D eigenvalue weighted by molar-refractivity contribution is 5.89. The van der Waals surface area contributed by atoms with Crippen molar-refractivity contribution in [2.45, 2.75) is 12.6 Å². The van der Waals surface area contributed by atoms with Crippen molar-refractivity contribution in [2.75, 3.05) is 31.6 Å². The van der Waals surface area contributed by atoms with Crippen LogP contribution in [0.1, 0.15) is 5.56 Å². The molecule has 1 saturated heterocycles. The molecule has 0 aromatic heterocycles. The minimum atomic E-state index is -0.817. The second-order valence-corrected chi connectivity index (χ2v) is 6.17. The van der Waals surface area contributed by atoms with E-state index in [1.807, 2.05) is 18.2 Å². The molecule has 1 heterocycles. The van der Waals surface area contributed by atoms with Crippen molar-refractivity contribution in [3.8, 4) is 0 Å². The number of nitrogens with one attached hydrogen (secondary N) is 2. The number of morpholine rings is 1. The van der Waals surface area contributed by atoms with Crippen molar-refractivity contribution >= 4 is 11.7 Å². The van der Waals surface area contributed by atoms with E-state index in [0.29, 0.717) is 19.7 Å². The lowest BCUT2D eigenvalue weighted by Crippen LogP contribution is -2.47. The van der Waals surface area contributed by atoms with Gasteiger partial charge in [-0.2, -0.15) is 0 Å². The van der Waals surface area contributed by atoms with Gasteiger partial charge in [-0.05, 0) is 17.7 Å². The molecule has 26 heavy (non-hydrogen) atoms. The molecule has 0 aliphatic carbocycles. The first-order chi connectivity index (χ1) is 12.6. The van der Waals surface area contributed by atoms with Gasteiger partial charge in [-0.3, -0.25) is 4.90 Å². The summed E-state index contributed by atoms with van der Waals surface area (Å²) in [5.74, 6) is -1.51. The Morgan fingerprint density at radius 2 is 2.00 bits per heavy atom. The molecule has 1 fully saturated rings. The van der Waals surface area contributed by atoms with Gasteiger partial charge in [0.25, 0.3) is 0 Å². The lowest BCUT2D eigenvalue weighted by Gasteiger charge is -2.33. The Morgan fingerprint density at radius 1 is 1.19 bits per heavy atom. The number of hydrogen-bond donors (Lipinski definition) is 2. The quantitative estimate of drug-likeness (QED) is 0.861. The molecule has 2 aromatic carbocycles. The molecule has 7 heteroatoms. The van der Waals surface area contributed by atoms with Gasteiger partial charge in [0.1, 0.15) is 11.6 Å². The Balaban J connectivity index is 1.45. The van der Waals surface area contributed by atoms with Crippen LogP contribution in [0.15, 0.2) is 48.5 Å². The molecule has 1 aliphatic rings. The molecule has 2 N–H and O–H groups in total. The predicted molar refractivity (Wildman–Crippen MR) is 94.8 cm³/mol. The summed E-state index contributed by atoms with van der Waals surface area (Å²) in [7, 11) is 0. The van der Waals surface area contributed by atoms with Gasteiger partial charge in [0.15, 0.2) is 0 Å². The average Bonchev–Trinajstić information content (AvgIpc) is 2.64. The summed E-state index contributed by atoms with van der Waals surface area (Å²) in [5, 5.41) is 5.03. The molecular formula is C19H21F2N3O2. The van der Waals surface area contributed by atoms with Gasteiger partial charge in [0.2, 0.25) is 0 Å². The fraction of sp³-hybridized carbons (Fsp3) is 0.316. The van der Waals surface area contributed by atoms with E-state index in [1.165, 1.54) is 11.6 Å². The first kappa shape index (κ1) is 18.3. The van der Waals surface area contributed by atoms with E-state index in [1.54, 1.807) is 0 Å². The summed E-state index contributed by atoms with van der Waals surface area (Å²) < 4.78 is 32.1. The number of hydrogen-bond acceptors (Lipinski definition) is 3. The number of nitrogens with zero attached hydrogens (tertiary/aromatic N) is 1. The minimum Gasteiger partial charge on any atom is -0.374 e. The van der Waals surface area contributed by atoms with E-state index < -0.39 is 17.7 Å². The van der Waals surface area contributed by atoms with Crippen LogP contribution >= 0.6 is 0 Å². The van der Waals surface area contributed by atoms with Crippen LogP contribution in [0.2, 0.25) is 0 Å². The van der Waals surface area contributed by atoms with Gasteiger partial charge in [0.05, 0.1) is 18.4 Å². The molecule has 1 atom stereocenters. The van der Waals surface area contributed by atoms with Crippen molar-refractivity contribution < 1.29 is 18.3 Å². The maximum atomic E-state index is 13.6. The number of benzene rings is 2. The zero-order valence-electron chi connectivity index (χ0n) is 14.3.